The highest BCUT2D eigenvalue weighted by atomic mass is 32.2. The van der Waals surface area contributed by atoms with Crippen LogP contribution < -0.4 is 14.4 Å². The van der Waals surface area contributed by atoms with E-state index in [0.29, 0.717) is 5.69 Å². The third kappa shape index (κ3) is 5.00. The van der Waals surface area contributed by atoms with Gasteiger partial charge in [0, 0.05) is 0 Å². The molecule has 4 rings (SSSR count). The van der Waals surface area contributed by atoms with Crippen LogP contribution in [-0.4, -0.2) is 39.5 Å². The van der Waals surface area contributed by atoms with Gasteiger partial charge in [0.2, 0.25) is 0 Å². The van der Waals surface area contributed by atoms with Gasteiger partial charge in [0.05, 0.1) is 35.0 Å². The third-order valence-electron chi connectivity index (χ3n) is 5.57. The number of sulfonamides is 1. The lowest BCUT2D eigenvalue weighted by atomic mass is 10.1. The molecule has 0 spiro atoms. The van der Waals surface area contributed by atoms with Gasteiger partial charge in [-0.2, -0.15) is 0 Å². The number of aryl methyl sites for hydroxylation is 2. The Morgan fingerprint density at radius 1 is 1.03 bits per heavy atom. The summed E-state index contributed by atoms with van der Waals surface area (Å²) in [6, 6.07) is 18.1. The Morgan fingerprint density at radius 2 is 1.71 bits per heavy atom. The number of fused-ring (bicyclic) bond motifs is 1. The molecule has 35 heavy (non-hydrogen) atoms. The Labute approximate surface area is 204 Å². The van der Waals surface area contributed by atoms with Crippen molar-refractivity contribution in [2.75, 3.05) is 22.8 Å². The van der Waals surface area contributed by atoms with Crippen LogP contribution in [0.3, 0.4) is 0 Å². The predicted octanol–water partition coefficient (Wildman–Crippen LogP) is 4.08. The van der Waals surface area contributed by atoms with E-state index < -0.39 is 28.0 Å². The maximum Gasteiger partial charge on any atom is 0.340 e. The average molecular weight is 495 g/mol. The van der Waals surface area contributed by atoms with Crippen LogP contribution in [-0.2, 0) is 19.6 Å². The molecule has 1 amide bonds. The Bertz CT molecular complexity index is 1370. The summed E-state index contributed by atoms with van der Waals surface area (Å²) < 4.78 is 39.3. The van der Waals surface area contributed by atoms with Crippen LogP contribution in [0.15, 0.2) is 71.6 Å². The van der Waals surface area contributed by atoms with E-state index in [9.17, 15) is 18.0 Å². The van der Waals surface area contributed by atoms with Crippen molar-refractivity contribution in [2.45, 2.75) is 31.8 Å². The zero-order valence-electron chi connectivity index (χ0n) is 19.6. The van der Waals surface area contributed by atoms with Crippen molar-refractivity contribution in [3.05, 3.63) is 83.4 Å². The van der Waals surface area contributed by atoms with Crippen LogP contribution in [0.2, 0.25) is 0 Å². The summed E-state index contributed by atoms with van der Waals surface area (Å²) in [6.45, 7) is 5.37. The predicted molar refractivity (Wildman–Crippen MR) is 132 cm³/mol. The highest BCUT2D eigenvalue weighted by molar-refractivity contribution is 7.92. The van der Waals surface area contributed by atoms with Crippen molar-refractivity contribution in [1.82, 2.24) is 0 Å². The first-order valence-corrected chi connectivity index (χ1v) is 12.6. The van der Waals surface area contributed by atoms with Gasteiger partial charge in [-0.3, -0.25) is 9.10 Å². The fraction of sp³-hybridized carbons (Fsp3) is 0.231. The summed E-state index contributed by atoms with van der Waals surface area (Å²) in [4.78, 5) is 25.6. The molecule has 1 atom stereocenters. The number of nitrogens with zero attached hydrogens (tertiary/aromatic N) is 1. The van der Waals surface area contributed by atoms with Gasteiger partial charge in [0.1, 0.15) is 5.75 Å². The molecule has 0 saturated carbocycles. The van der Waals surface area contributed by atoms with E-state index in [0.717, 1.165) is 11.1 Å². The van der Waals surface area contributed by atoms with Gasteiger partial charge in [0.15, 0.2) is 6.10 Å². The number of benzene rings is 3. The number of nitrogens with one attached hydrogen (secondary N) is 1. The number of carbonyl (C=O) groups excluding carboxylic acids is 2. The SMILES string of the molecule is CCOC(=O)c1ccccc1NC(=O)C1CN(S(=O)(=O)c2ccc(C)cc2)c2ccc(C)cc2O1. The van der Waals surface area contributed by atoms with Crippen molar-refractivity contribution in [3.8, 4) is 5.75 Å². The van der Waals surface area contributed by atoms with Crippen molar-refractivity contribution in [3.63, 3.8) is 0 Å². The molecule has 0 radical (unpaired) electrons. The van der Waals surface area contributed by atoms with E-state index in [4.69, 9.17) is 9.47 Å². The first-order chi connectivity index (χ1) is 16.7. The largest absolute Gasteiger partial charge is 0.476 e. The maximum absolute atomic E-state index is 13.6. The van der Waals surface area contributed by atoms with Gasteiger partial charge in [-0.05, 0) is 62.7 Å². The van der Waals surface area contributed by atoms with E-state index in [1.807, 2.05) is 13.8 Å². The molecule has 1 heterocycles. The molecule has 3 aromatic rings. The second-order valence-corrected chi connectivity index (χ2v) is 10.0. The summed E-state index contributed by atoms with van der Waals surface area (Å²) in [5, 5.41) is 2.70. The highest BCUT2D eigenvalue weighted by Gasteiger charge is 2.38. The van der Waals surface area contributed by atoms with Gasteiger partial charge in [-0.25, -0.2) is 13.2 Å². The van der Waals surface area contributed by atoms with Crippen molar-refractivity contribution < 1.29 is 27.5 Å². The third-order valence-corrected chi connectivity index (χ3v) is 7.36. The number of anilines is 2. The average Bonchev–Trinajstić information content (AvgIpc) is 2.83. The number of esters is 1. The van der Waals surface area contributed by atoms with Gasteiger partial charge in [-0.1, -0.05) is 35.9 Å². The number of carbonyl (C=O) groups is 2. The lowest BCUT2D eigenvalue weighted by Gasteiger charge is -2.35. The van der Waals surface area contributed by atoms with Crippen LogP contribution in [0.4, 0.5) is 11.4 Å². The molecule has 8 nitrogen and oxygen atoms in total. The van der Waals surface area contributed by atoms with Crippen LogP contribution in [0.1, 0.15) is 28.4 Å². The Hall–Kier alpha value is -3.85. The van der Waals surface area contributed by atoms with Crippen LogP contribution in [0, 0.1) is 13.8 Å². The number of amides is 1. The minimum atomic E-state index is -3.97. The van der Waals surface area contributed by atoms with Crippen LogP contribution >= 0.6 is 0 Å². The van der Waals surface area contributed by atoms with E-state index >= 15 is 0 Å². The monoisotopic (exact) mass is 494 g/mol. The molecule has 0 fully saturated rings. The van der Waals surface area contributed by atoms with E-state index in [2.05, 4.69) is 5.32 Å². The summed E-state index contributed by atoms with van der Waals surface area (Å²) >= 11 is 0. The Morgan fingerprint density at radius 3 is 2.43 bits per heavy atom. The molecule has 1 unspecified atom stereocenters. The molecule has 0 saturated heterocycles. The van der Waals surface area contributed by atoms with E-state index in [1.165, 1.54) is 4.31 Å². The topological polar surface area (TPSA) is 102 Å². The van der Waals surface area contributed by atoms with Gasteiger partial charge in [0.25, 0.3) is 15.9 Å². The molecule has 0 aromatic heterocycles. The summed E-state index contributed by atoms with van der Waals surface area (Å²) in [7, 11) is -3.97. The standard InChI is InChI=1S/C26H26N2O6S/c1-4-33-26(30)20-7-5-6-8-21(20)27-25(29)24-16-28(22-14-11-18(3)15-23(22)34-24)35(31,32)19-12-9-17(2)10-13-19/h5-15,24H,4,16H2,1-3H3,(H,27,29). The molecule has 1 aliphatic rings. The lowest BCUT2D eigenvalue weighted by Crippen LogP contribution is -2.49. The van der Waals surface area contributed by atoms with Gasteiger partial charge >= 0.3 is 5.97 Å². The van der Waals surface area contributed by atoms with Crippen molar-refractivity contribution in [1.29, 1.82) is 0 Å². The molecule has 9 heteroatoms. The smallest absolute Gasteiger partial charge is 0.340 e. The summed E-state index contributed by atoms with van der Waals surface area (Å²) in [6.07, 6.45) is -1.15. The fourth-order valence-electron chi connectivity index (χ4n) is 3.75. The number of ether oxygens (including phenoxy) is 2. The highest BCUT2D eigenvalue weighted by Crippen LogP contribution is 2.38. The molecular weight excluding hydrogens is 468 g/mol. The lowest BCUT2D eigenvalue weighted by molar-refractivity contribution is -0.122. The molecule has 1 aliphatic heterocycles. The molecule has 3 aromatic carbocycles. The minimum absolute atomic E-state index is 0.114. The maximum atomic E-state index is 13.6. The minimum Gasteiger partial charge on any atom is -0.476 e. The number of hydrogen-bond acceptors (Lipinski definition) is 6. The summed E-state index contributed by atoms with van der Waals surface area (Å²) in [5.74, 6) is -0.874. The van der Waals surface area contributed by atoms with E-state index in [-0.39, 0.29) is 35.0 Å². The molecule has 0 bridgehead atoms. The van der Waals surface area contributed by atoms with Crippen molar-refractivity contribution in [2.24, 2.45) is 0 Å². The van der Waals surface area contributed by atoms with Crippen LogP contribution in [0.25, 0.3) is 0 Å². The normalized spacial score (nSPS) is 15.1. The number of para-hydroxylation sites is 1. The number of hydrogen-bond donors (Lipinski definition) is 1. The zero-order valence-corrected chi connectivity index (χ0v) is 20.5. The second kappa shape index (κ2) is 9.79. The Kier molecular flexibility index (Phi) is 6.79. The molecular formula is C26H26N2O6S. The summed E-state index contributed by atoms with van der Waals surface area (Å²) in [5.41, 5.74) is 2.58. The fourth-order valence-corrected chi connectivity index (χ4v) is 5.23. The molecule has 182 valence electrons. The number of rotatable bonds is 6. The van der Waals surface area contributed by atoms with Gasteiger partial charge < -0.3 is 14.8 Å². The van der Waals surface area contributed by atoms with Crippen molar-refractivity contribution >= 4 is 33.3 Å². The Balaban J connectivity index is 1.67. The quantitative estimate of drug-likeness (QED) is 0.518. The van der Waals surface area contributed by atoms with E-state index in [1.54, 1.807) is 73.7 Å². The molecule has 1 N–H and O–H groups in total. The molecule has 0 aliphatic carbocycles. The zero-order chi connectivity index (χ0) is 25.2. The first-order valence-electron chi connectivity index (χ1n) is 11.1. The first kappa shape index (κ1) is 24.3. The van der Waals surface area contributed by atoms with Gasteiger partial charge in [-0.15, -0.1) is 0 Å². The van der Waals surface area contributed by atoms with Crippen LogP contribution in [0.5, 0.6) is 5.75 Å². The second-order valence-electron chi connectivity index (χ2n) is 8.18.